The molecule has 0 aromatic heterocycles. The number of benzene rings is 2. The number of urea groups is 1. The molecule has 0 atom stereocenters. The first-order valence-corrected chi connectivity index (χ1v) is 7.42. The zero-order valence-electron chi connectivity index (χ0n) is 12.5. The third-order valence-electron chi connectivity index (χ3n) is 3.72. The topological polar surface area (TPSA) is 61.4 Å². The van der Waals surface area contributed by atoms with Crippen LogP contribution in [0, 0.1) is 0 Å². The summed E-state index contributed by atoms with van der Waals surface area (Å²) in [6, 6.07) is 13.9. The van der Waals surface area contributed by atoms with Crippen LogP contribution in [0.3, 0.4) is 0 Å². The fourth-order valence-electron chi connectivity index (χ4n) is 2.34. The second kappa shape index (κ2) is 6.05. The molecule has 1 saturated carbocycles. The van der Waals surface area contributed by atoms with E-state index < -0.39 is 6.03 Å². The summed E-state index contributed by atoms with van der Waals surface area (Å²) in [7, 11) is 1.84. The molecular formula is C17H19N3O2. The van der Waals surface area contributed by atoms with Crippen molar-refractivity contribution >= 4 is 28.4 Å². The summed E-state index contributed by atoms with van der Waals surface area (Å²) in [5, 5.41) is 7.37. The van der Waals surface area contributed by atoms with Crippen molar-refractivity contribution in [3.63, 3.8) is 0 Å². The number of hydrogen-bond acceptors (Lipinski definition) is 3. The Hall–Kier alpha value is -2.56. The molecule has 1 aliphatic rings. The molecule has 2 N–H and O–H groups in total. The van der Waals surface area contributed by atoms with Crippen LogP contribution in [0.1, 0.15) is 12.8 Å². The first kappa shape index (κ1) is 14.4. The summed E-state index contributed by atoms with van der Waals surface area (Å²) in [4.78, 5) is 25.2. The molecule has 0 saturated heterocycles. The van der Waals surface area contributed by atoms with E-state index >= 15 is 0 Å². The Morgan fingerprint density at radius 2 is 1.86 bits per heavy atom. The summed E-state index contributed by atoms with van der Waals surface area (Å²) in [6.07, 6.45) is 2.00. The number of anilines is 1. The number of nitrogens with one attached hydrogen (secondary N) is 2. The van der Waals surface area contributed by atoms with E-state index in [4.69, 9.17) is 0 Å². The average molecular weight is 297 g/mol. The van der Waals surface area contributed by atoms with Crippen LogP contribution in [-0.2, 0) is 4.79 Å². The molecule has 0 aliphatic heterocycles. The van der Waals surface area contributed by atoms with E-state index in [1.165, 1.54) is 0 Å². The van der Waals surface area contributed by atoms with E-state index in [2.05, 4.69) is 10.6 Å². The van der Waals surface area contributed by atoms with E-state index in [-0.39, 0.29) is 18.5 Å². The fourth-order valence-corrected chi connectivity index (χ4v) is 2.34. The van der Waals surface area contributed by atoms with Gasteiger partial charge in [-0.15, -0.1) is 0 Å². The Bertz CT molecular complexity index is 710. The van der Waals surface area contributed by atoms with Crippen LogP contribution in [0.5, 0.6) is 0 Å². The number of carbonyl (C=O) groups is 2. The van der Waals surface area contributed by atoms with Crippen LogP contribution in [0.4, 0.5) is 10.5 Å². The van der Waals surface area contributed by atoms with E-state index in [0.29, 0.717) is 0 Å². The third-order valence-corrected chi connectivity index (χ3v) is 3.72. The Balaban J connectivity index is 1.60. The number of amides is 3. The fraction of sp³-hybridized carbons (Fsp3) is 0.294. The van der Waals surface area contributed by atoms with Gasteiger partial charge in [-0.05, 0) is 35.7 Å². The van der Waals surface area contributed by atoms with Gasteiger partial charge in [0.1, 0.15) is 0 Å². The van der Waals surface area contributed by atoms with Gasteiger partial charge in [-0.3, -0.25) is 10.1 Å². The maximum atomic E-state index is 11.9. The Kier molecular flexibility index (Phi) is 3.96. The lowest BCUT2D eigenvalue weighted by molar-refractivity contribution is -0.118. The molecular weight excluding hydrogens is 278 g/mol. The molecule has 0 unspecified atom stereocenters. The molecule has 22 heavy (non-hydrogen) atoms. The summed E-state index contributed by atoms with van der Waals surface area (Å²) in [5.74, 6) is -0.311. The Morgan fingerprint density at radius 1 is 1.14 bits per heavy atom. The number of fused-ring (bicyclic) bond motifs is 1. The zero-order chi connectivity index (χ0) is 15.5. The van der Waals surface area contributed by atoms with Gasteiger partial charge in [-0.2, -0.15) is 0 Å². The van der Waals surface area contributed by atoms with Gasteiger partial charge < -0.3 is 10.2 Å². The molecule has 2 aromatic rings. The molecule has 3 rings (SSSR count). The minimum Gasteiger partial charge on any atom is -0.365 e. The number of hydrogen-bond donors (Lipinski definition) is 2. The predicted octanol–water partition coefficient (Wildman–Crippen LogP) is 2.26. The lowest BCUT2D eigenvalue weighted by atomic mass is 10.1. The summed E-state index contributed by atoms with van der Waals surface area (Å²) in [5.41, 5.74) is 0.941. The average Bonchev–Trinajstić information content (AvgIpc) is 3.30. The monoisotopic (exact) mass is 297 g/mol. The van der Waals surface area contributed by atoms with Gasteiger partial charge in [0.2, 0.25) is 5.91 Å². The van der Waals surface area contributed by atoms with Gasteiger partial charge >= 0.3 is 6.03 Å². The van der Waals surface area contributed by atoms with Crippen molar-refractivity contribution in [1.82, 2.24) is 10.6 Å². The van der Waals surface area contributed by atoms with Gasteiger partial charge in [0.05, 0.1) is 6.54 Å². The van der Waals surface area contributed by atoms with Crippen molar-refractivity contribution < 1.29 is 9.59 Å². The molecule has 114 valence electrons. The van der Waals surface area contributed by atoms with E-state index in [1.54, 1.807) is 0 Å². The largest absolute Gasteiger partial charge is 0.365 e. The molecule has 1 aliphatic carbocycles. The second-order valence-electron chi connectivity index (χ2n) is 5.68. The van der Waals surface area contributed by atoms with Crippen molar-refractivity contribution in [3.8, 4) is 0 Å². The van der Waals surface area contributed by atoms with Crippen molar-refractivity contribution in [2.24, 2.45) is 0 Å². The van der Waals surface area contributed by atoms with Gasteiger partial charge in [0.25, 0.3) is 0 Å². The second-order valence-corrected chi connectivity index (χ2v) is 5.68. The lowest BCUT2D eigenvalue weighted by Gasteiger charge is -2.19. The van der Waals surface area contributed by atoms with Crippen LogP contribution in [0.15, 0.2) is 42.5 Å². The van der Waals surface area contributed by atoms with Crippen molar-refractivity contribution in [3.05, 3.63) is 42.5 Å². The van der Waals surface area contributed by atoms with Crippen LogP contribution in [0.25, 0.3) is 10.8 Å². The van der Waals surface area contributed by atoms with Crippen molar-refractivity contribution in [2.45, 2.75) is 18.9 Å². The number of imide groups is 1. The number of rotatable bonds is 4. The van der Waals surface area contributed by atoms with Gasteiger partial charge in [-0.1, -0.05) is 30.3 Å². The van der Waals surface area contributed by atoms with Gasteiger partial charge in [0, 0.05) is 18.8 Å². The number of carbonyl (C=O) groups excluding carboxylic acids is 2. The Labute approximate surface area is 129 Å². The van der Waals surface area contributed by atoms with Crippen molar-refractivity contribution in [1.29, 1.82) is 0 Å². The highest BCUT2D eigenvalue weighted by Gasteiger charge is 2.24. The molecule has 0 radical (unpaired) electrons. The highest BCUT2D eigenvalue weighted by molar-refractivity contribution is 5.97. The highest BCUT2D eigenvalue weighted by Crippen LogP contribution is 2.21. The molecule has 1 fully saturated rings. The molecule has 5 heteroatoms. The quantitative estimate of drug-likeness (QED) is 0.910. The van der Waals surface area contributed by atoms with E-state index in [9.17, 15) is 9.59 Å². The minimum absolute atomic E-state index is 0.135. The number of likely N-dealkylation sites (N-methyl/N-ethyl adjacent to an activating group) is 1. The van der Waals surface area contributed by atoms with E-state index in [1.807, 2.05) is 54.4 Å². The third kappa shape index (κ3) is 3.55. The van der Waals surface area contributed by atoms with Crippen LogP contribution in [-0.4, -0.2) is 31.6 Å². The first-order valence-electron chi connectivity index (χ1n) is 7.42. The maximum absolute atomic E-state index is 11.9. The van der Waals surface area contributed by atoms with Crippen LogP contribution >= 0.6 is 0 Å². The predicted molar refractivity (Wildman–Crippen MR) is 86.9 cm³/mol. The molecule has 5 nitrogen and oxygen atoms in total. The molecule has 3 amide bonds. The lowest BCUT2D eigenvalue weighted by Crippen LogP contribution is -2.44. The van der Waals surface area contributed by atoms with Crippen LogP contribution < -0.4 is 15.5 Å². The maximum Gasteiger partial charge on any atom is 0.321 e. The Morgan fingerprint density at radius 3 is 2.59 bits per heavy atom. The zero-order valence-corrected chi connectivity index (χ0v) is 12.5. The van der Waals surface area contributed by atoms with Gasteiger partial charge in [0.15, 0.2) is 0 Å². The SMILES string of the molecule is CN(CC(=O)NC(=O)NC1CC1)c1ccc2ccccc2c1. The summed E-state index contributed by atoms with van der Waals surface area (Å²) in [6.45, 7) is 0.135. The standard InChI is InChI=1S/C17H19N3O2/c1-20(11-16(21)19-17(22)18-14-7-8-14)15-9-6-12-4-2-3-5-13(12)10-15/h2-6,9-10,14H,7-8,11H2,1H3,(H2,18,19,21,22). The van der Waals surface area contributed by atoms with E-state index in [0.717, 1.165) is 29.3 Å². The smallest absolute Gasteiger partial charge is 0.321 e. The molecule has 0 bridgehead atoms. The summed E-state index contributed by atoms with van der Waals surface area (Å²) >= 11 is 0. The summed E-state index contributed by atoms with van der Waals surface area (Å²) < 4.78 is 0. The molecule has 0 spiro atoms. The highest BCUT2D eigenvalue weighted by atomic mass is 16.2. The van der Waals surface area contributed by atoms with Crippen LogP contribution in [0.2, 0.25) is 0 Å². The molecule has 2 aromatic carbocycles. The van der Waals surface area contributed by atoms with Crippen molar-refractivity contribution in [2.75, 3.05) is 18.5 Å². The normalized spacial score (nSPS) is 13.7. The molecule has 0 heterocycles. The van der Waals surface area contributed by atoms with Gasteiger partial charge in [-0.25, -0.2) is 4.79 Å². The number of nitrogens with zero attached hydrogens (tertiary/aromatic N) is 1. The first-order chi connectivity index (χ1) is 10.6. The minimum atomic E-state index is -0.403.